The van der Waals surface area contributed by atoms with Crippen molar-refractivity contribution in [2.75, 3.05) is 24.2 Å². The molecule has 0 aromatic heterocycles. The molecule has 2 N–H and O–H groups in total. The number of hydrogen-bond donors (Lipinski definition) is 1. The van der Waals surface area contributed by atoms with E-state index in [9.17, 15) is 8.42 Å². The summed E-state index contributed by atoms with van der Waals surface area (Å²) < 4.78 is 25.2. The zero-order valence-electron chi connectivity index (χ0n) is 9.77. The predicted molar refractivity (Wildman–Crippen MR) is 72.2 cm³/mol. The molecular weight excluding hydrogens is 304 g/mol. The Bertz CT molecular complexity index is 557. The Morgan fingerprint density at radius 1 is 1.53 bits per heavy atom. The first-order valence-corrected chi connectivity index (χ1v) is 7.77. The summed E-state index contributed by atoms with van der Waals surface area (Å²) in [6, 6.07) is 3.48. The van der Waals surface area contributed by atoms with E-state index in [2.05, 4.69) is 15.9 Å². The van der Waals surface area contributed by atoms with Crippen LogP contribution in [0.25, 0.3) is 0 Å². The number of rotatable bonds is 1. The largest absolute Gasteiger partial charge is 0.367 e. The molecule has 0 radical (unpaired) electrons. The molecule has 0 spiro atoms. The van der Waals surface area contributed by atoms with Gasteiger partial charge in [-0.1, -0.05) is 0 Å². The van der Waals surface area contributed by atoms with Gasteiger partial charge in [-0.25, -0.2) is 8.42 Å². The van der Waals surface area contributed by atoms with Crippen LogP contribution in [0, 0.1) is 6.92 Å². The highest BCUT2D eigenvalue weighted by molar-refractivity contribution is 9.10. The van der Waals surface area contributed by atoms with Crippen LogP contribution in [0.5, 0.6) is 0 Å². The Kier molecular flexibility index (Phi) is 3.22. The maximum atomic E-state index is 12.2. The van der Waals surface area contributed by atoms with E-state index in [1.165, 1.54) is 0 Å². The molecule has 1 aliphatic heterocycles. The molecule has 0 saturated heterocycles. The highest BCUT2D eigenvalue weighted by Crippen LogP contribution is 2.38. The molecule has 0 saturated carbocycles. The molecule has 17 heavy (non-hydrogen) atoms. The maximum absolute atomic E-state index is 12.2. The van der Waals surface area contributed by atoms with E-state index in [-0.39, 0.29) is 11.8 Å². The fourth-order valence-electron chi connectivity index (χ4n) is 2.15. The van der Waals surface area contributed by atoms with Crippen LogP contribution in [-0.4, -0.2) is 33.8 Å². The van der Waals surface area contributed by atoms with Crippen molar-refractivity contribution in [3.63, 3.8) is 0 Å². The van der Waals surface area contributed by atoms with Crippen LogP contribution < -0.4 is 10.6 Å². The first kappa shape index (κ1) is 12.9. The van der Waals surface area contributed by atoms with Gasteiger partial charge in [-0.2, -0.15) is 0 Å². The van der Waals surface area contributed by atoms with Crippen molar-refractivity contribution in [3.05, 3.63) is 22.2 Å². The predicted octanol–water partition coefficient (Wildman–Crippen LogP) is 1.31. The van der Waals surface area contributed by atoms with E-state index in [1.54, 1.807) is 6.07 Å². The third-order valence-corrected chi connectivity index (χ3v) is 5.50. The molecule has 1 atom stereocenters. The lowest BCUT2D eigenvalue weighted by molar-refractivity contribution is 0.572. The molecule has 2 rings (SSSR count). The van der Waals surface area contributed by atoms with Gasteiger partial charge >= 0.3 is 0 Å². The molecule has 1 aromatic carbocycles. The highest BCUT2D eigenvalue weighted by Gasteiger charge is 2.34. The maximum Gasteiger partial charge on any atom is 0.182 e. The molecule has 0 amide bonds. The lowest BCUT2D eigenvalue weighted by Gasteiger charge is -2.35. The summed E-state index contributed by atoms with van der Waals surface area (Å²) in [5.74, 6) is 0.0862. The molecule has 0 aliphatic carbocycles. The molecule has 0 bridgehead atoms. The summed E-state index contributed by atoms with van der Waals surface area (Å²) in [6.45, 7) is 2.21. The third kappa shape index (κ3) is 2.09. The van der Waals surface area contributed by atoms with E-state index >= 15 is 0 Å². The Hall–Kier alpha value is -0.590. The number of sulfone groups is 1. The molecule has 1 unspecified atom stereocenters. The number of nitrogens with zero attached hydrogens (tertiary/aromatic N) is 1. The van der Waals surface area contributed by atoms with E-state index in [0.717, 1.165) is 15.7 Å². The molecule has 1 heterocycles. The van der Waals surface area contributed by atoms with Gasteiger partial charge in [0.15, 0.2) is 9.84 Å². The van der Waals surface area contributed by atoms with Crippen LogP contribution in [0.1, 0.15) is 5.56 Å². The second-order valence-electron chi connectivity index (χ2n) is 4.38. The van der Waals surface area contributed by atoms with Crippen LogP contribution >= 0.6 is 15.9 Å². The van der Waals surface area contributed by atoms with Gasteiger partial charge in [-0.3, -0.25) is 0 Å². The quantitative estimate of drug-likeness (QED) is 0.848. The summed E-state index contributed by atoms with van der Waals surface area (Å²) in [5, 5.41) is 0. The average Bonchev–Trinajstić information content (AvgIpc) is 2.22. The SMILES string of the molecule is Cc1cc(Br)c2c(c1)S(=O)(=O)CC(CN)N2C. The Morgan fingerprint density at radius 2 is 2.18 bits per heavy atom. The van der Waals surface area contributed by atoms with Crippen LogP contribution in [0.15, 0.2) is 21.5 Å². The molecular formula is C11H15BrN2O2S. The number of fused-ring (bicyclic) bond motifs is 1. The van der Waals surface area contributed by atoms with E-state index in [4.69, 9.17) is 5.73 Å². The second kappa shape index (κ2) is 4.26. The zero-order chi connectivity index (χ0) is 12.8. The molecule has 6 heteroatoms. The standard InChI is InChI=1S/C11H15BrN2O2S/c1-7-3-9(12)11-10(4-7)17(15,16)6-8(5-13)14(11)2/h3-4,8H,5-6,13H2,1-2H3. The molecule has 94 valence electrons. The van der Waals surface area contributed by atoms with Crippen LogP contribution in [0.3, 0.4) is 0 Å². The van der Waals surface area contributed by atoms with Crippen molar-refractivity contribution in [2.24, 2.45) is 5.73 Å². The van der Waals surface area contributed by atoms with Gasteiger partial charge in [-0.05, 0) is 40.5 Å². The number of likely N-dealkylation sites (N-methyl/N-ethyl adjacent to an activating group) is 1. The van der Waals surface area contributed by atoms with Gasteiger partial charge in [-0.15, -0.1) is 0 Å². The molecule has 1 aromatic rings. The van der Waals surface area contributed by atoms with Crippen LogP contribution in [0.4, 0.5) is 5.69 Å². The molecule has 1 aliphatic rings. The number of anilines is 1. The normalized spacial score (nSPS) is 22.4. The monoisotopic (exact) mass is 318 g/mol. The minimum Gasteiger partial charge on any atom is -0.367 e. The minimum absolute atomic E-state index is 0.0862. The van der Waals surface area contributed by atoms with Gasteiger partial charge < -0.3 is 10.6 Å². The summed E-state index contributed by atoms with van der Waals surface area (Å²) in [4.78, 5) is 2.34. The Labute approximate surface area is 110 Å². The van der Waals surface area contributed by atoms with Crippen LogP contribution in [-0.2, 0) is 9.84 Å². The van der Waals surface area contributed by atoms with Crippen molar-refractivity contribution < 1.29 is 8.42 Å². The van der Waals surface area contributed by atoms with Gasteiger partial charge in [0.1, 0.15) is 0 Å². The van der Waals surface area contributed by atoms with Crippen molar-refractivity contribution >= 4 is 31.5 Å². The first-order valence-electron chi connectivity index (χ1n) is 5.32. The van der Waals surface area contributed by atoms with Crippen LogP contribution in [0.2, 0.25) is 0 Å². The van der Waals surface area contributed by atoms with Gasteiger partial charge in [0.25, 0.3) is 0 Å². The Balaban J connectivity index is 2.72. The summed E-state index contributed by atoms with van der Waals surface area (Å²) in [7, 11) is -1.35. The average molecular weight is 319 g/mol. The van der Waals surface area contributed by atoms with Crippen molar-refractivity contribution in [1.29, 1.82) is 0 Å². The second-order valence-corrected chi connectivity index (χ2v) is 7.23. The highest BCUT2D eigenvalue weighted by atomic mass is 79.9. The molecule has 0 fully saturated rings. The van der Waals surface area contributed by atoms with E-state index in [1.807, 2.05) is 24.9 Å². The summed E-state index contributed by atoms with van der Waals surface area (Å²) in [5.41, 5.74) is 7.28. The lowest BCUT2D eigenvalue weighted by atomic mass is 10.2. The number of nitrogens with two attached hydrogens (primary N) is 1. The number of halogens is 1. The smallest absolute Gasteiger partial charge is 0.182 e. The lowest BCUT2D eigenvalue weighted by Crippen LogP contribution is -2.47. The summed E-state index contributed by atoms with van der Waals surface area (Å²) in [6.07, 6.45) is 0. The van der Waals surface area contributed by atoms with E-state index in [0.29, 0.717) is 11.4 Å². The third-order valence-electron chi connectivity index (χ3n) is 3.09. The van der Waals surface area contributed by atoms with Crippen molar-refractivity contribution in [1.82, 2.24) is 0 Å². The van der Waals surface area contributed by atoms with Crippen molar-refractivity contribution in [3.8, 4) is 0 Å². The van der Waals surface area contributed by atoms with Gasteiger partial charge in [0.2, 0.25) is 0 Å². The topological polar surface area (TPSA) is 63.4 Å². The number of benzene rings is 1. The number of aryl methyl sites for hydroxylation is 1. The summed E-state index contributed by atoms with van der Waals surface area (Å²) >= 11 is 3.43. The minimum atomic E-state index is -3.23. The number of hydrogen-bond acceptors (Lipinski definition) is 4. The first-order chi connectivity index (χ1) is 7.86. The fraction of sp³-hybridized carbons (Fsp3) is 0.455. The Morgan fingerprint density at radius 3 is 2.76 bits per heavy atom. The van der Waals surface area contributed by atoms with Crippen molar-refractivity contribution in [2.45, 2.75) is 17.9 Å². The zero-order valence-corrected chi connectivity index (χ0v) is 12.2. The van der Waals surface area contributed by atoms with E-state index < -0.39 is 9.84 Å². The van der Waals surface area contributed by atoms with Gasteiger partial charge in [0, 0.05) is 18.1 Å². The fourth-order valence-corrected chi connectivity index (χ4v) is 5.09. The van der Waals surface area contributed by atoms with Gasteiger partial charge in [0.05, 0.1) is 22.4 Å². The molecule has 4 nitrogen and oxygen atoms in total.